The molecule has 6 heteroatoms. The topological polar surface area (TPSA) is 88.6 Å². The first-order valence-corrected chi connectivity index (χ1v) is 4.58. The molecule has 0 aliphatic rings. The minimum atomic E-state index is -0.531. The van der Waals surface area contributed by atoms with Crippen molar-refractivity contribution in [1.82, 2.24) is 15.0 Å². The molecule has 0 spiro atoms. The molecule has 2 N–H and O–H groups in total. The number of aromatic nitrogens is 3. The average molecular weight is 215 g/mol. The van der Waals surface area contributed by atoms with Crippen molar-refractivity contribution in [3.05, 3.63) is 40.7 Å². The standard InChI is InChI=1S/C10H9N5O/c1-15(8-2-3-12-6-8)9-4-7(5-11)13-10(16)14-9/h2-4,6,12H,1H3,(H,13,14,16). The second-order valence-corrected chi connectivity index (χ2v) is 3.20. The van der Waals surface area contributed by atoms with Crippen molar-refractivity contribution in [3.8, 4) is 6.07 Å². The minimum Gasteiger partial charge on any atom is -0.366 e. The number of anilines is 2. The Labute approximate surface area is 91.2 Å². The van der Waals surface area contributed by atoms with Crippen LogP contribution in [0.25, 0.3) is 0 Å². The van der Waals surface area contributed by atoms with Gasteiger partial charge in [0.2, 0.25) is 0 Å². The molecule has 2 heterocycles. The molecule has 0 saturated carbocycles. The predicted octanol–water partition coefficient (Wildman–Crippen LogP) is 0.738. The molecule has 6 nitrogen and oxygen atoms in total. The summed E-state index contributed by atoms with van der Waals surface area (Å²) in [6.07, 6.45) is 3.54. The average Bonchev–Trinajstić information content (AvgIpc) is 2.80. The molecule has 2 aromatic rings. The molecule has 0 amide bonds. The number of nitriles is 1. The first-order valence-electron chi connectivity index (χ1n) is 4.58. The Kier molecular flexibility index (Phi) is 2.44. The van der Waals surface area contributed by atoms with Crippen LogP contribution >= 0.6 is 0 Å². The predicted molar refractivity (Wildman–Crippen MR) is 58.4 cm³/mol. The molecule has 0 radical (unpaired) electrons. The number of hydrogen-bond acceptors (Lipinski definition) is 4. The van der Waals surface area contributed by atoms with Crippen LogP contribution in [-0.2, 0) is 0 Å². The zero-order chi connectivity index (χ0) is 11.5. The van der Waals surface area contributed by atoms with Gasteiger partial charge in [0.15, 0.2) is 0 Å². The third-order valence-electron chi connectivity index (χ3n) is 2.16. The smallest absolute Gasteiger partial charge is 0.347 e. The van der Waals surface area contributed by atoms with Crippen molar-refractivity contribution < 1.29 is 0 Å². The highest BCUT2D eigenvalue weighted by atomic mass is 16.1. The first-order chi connectivity index (χ1) is 7.70. The Balaban J connectivity index is 2.45. The van der Waals surface area contributed by atoms with Gasteiger partial charge in [-0.15, -0.1) is 0 Å². The van der Waals surface area contributed by atoms with Crippen LogP contribution in [0.5, 0.6) is 0 Å². The van der Waals surface area contributed by atoms with Gasteiger partial charge in [-0.3, -0.25) is 4.98 Å². The monoisotopic (exact) mass is 215 g/mol. The summed E-state index contributed by atoms with van der Waals surface area (Å²) < 4.78 is 0. The van der Waals surface area contributed by atoms with Gasteiger partial charge in [0.05, 0.1) is 5.69 Å². The Morgan fingerprint density at radius 3 is 3.00 bits per heavy atom. The Morgan fingerprint density at radius 2 is 2.38 bits per heavy atom. The van der Waals surface area contributed by atoms with Crippen molar-refractivity contribution in [2.45, 2.75) is 0 Å². The lowest BCUT2D eigenvalue weighted by atomic mass is 10.4. The van der Waals surface area contributed by atoms with Crippen molar-refractivity contribution >= 4 is 11.5 Å². The van der Waals surface area contributed by atoms with E-state index in [1.807, 2.05) is 12.1 Å². The summed E-state index contributed by atoms with van der Waals surface area (Å²) in [5.41, 5.74) is 0.524. The van der Waals surface area contributed by atoms with Gasteiger partial charge in [-0.2, -0.15) is 10.2 Å². The summed E-state index contributed by atoms with van der Waals surface area (Å²) in [5.74, 6) is 0.430. The molecular formula is C10H9N5O. The lowest BCUT2D eigenvalue weighted by Gasteiger charge is -2.15. The Morgan fingerprint density at radius 1 is 1.56 bits per heavy atom. The zero-order valence-electron chi connectivity index (χ0n) is 8.56. The summed E-state index contributed by atoms with van der Waals surface area (Å²) >= 11 is 0. The number of nitrogens with zero attached hydrogens (tertiary/aromatic N) is 3. The van der Waals surface area contributed by atoms with Gasteiger partial charge in [-0.05, 0) is 6.07 Å². The number of hydrogen-bond donors (Lipinski definition) is 2. The fourth-order valence-electron chi connectivity index (χ4n) is 1.33. The molecule has 0 atom stereocenters. The van der Waals surface area contributed by atoms with Gasteiger partial charge in [-0.1, -0.05) is 0 Å². The molecule has 0 aliphatic heterocycles. The second-order valence-electron chi connectivity index (χ2n) is 3.20. The van der Waals surface area contributed by atoms with E-state index < -0.39 is 5.69 Å². The van der Waals surface area contributed by atoms with E-state index in [1.54, 1.807) is 24.3 Å². The van der Waals surface area contributed by atoms with Gasteiger partial charge in [0.1, 0.15) is 17.6 Å². The zero-order valence-corrected chi connectivity index (χ0v) is 8.56. The van der Waals surface area contributed by atoms with E-state index in [-0.39, 0.29) is 5.69 Å². The fourth-order valence-corrected chi connectivity index (χ4v) is 1.33. The van der Waals surface area contributed by atoms with E-state index in [9.17, 15) is 4.79 Å². The van der Waals surface area contributed by atoms with E-state index in [0.29, 0.717) is 5.82 Å². The number of aromatic amines is 2. The van der Waals surface area contributed by atoms with Crippen LogP contribution in [0.4, 0.5) is 11.5 Å². The molecule has 2 rings (SSSR count). The molecule has 2 aromatic heterocycles. The molecule has 0 saturated heterocycles. The number of nitrogens with one attached hydrogen (secondary N) is 2. The maximum absolute atomic E-state index is 11.2. The Bertz CT molecular complexity index is 578. The maximum atomic E-state index is 11.2. The third kappa shape index (κ3) is 1.79. The lowest BCUT2D eigenvalue weighted by Crippen LogP contribution is -2.19. The van der Waals surface area contributed by atoms with Gasteiger partial charge in [0, 0.05) is 25.5 Å². The molecule has 0 fully saturated rings. The SMILES string of the molecule is CN(c1cc[nH]c1)c1cc(C#N)[nH]c(=O)n1. The molecular weight excluding hydrogens is 206 g/mol. The van der Waals surface area contributed by atoms with Gasteiger partial charge < -0.3 is 9.88 Å². The van der Waals surface area contributed by atoms with E-state index in [4.69, 9.17) is 5.26 Å². The van der Waals surface area contributed by atoms with Crippen molar-refractivity contribution in [2.75, 3.05) is 11.9 Å². The summed E-state index contributed by atoms with van der Waals surface area (Å²) in [6, 6.07) is 5.24. The maximum Gasteiger partial charge on any atom is 0.347 e. The van der Waals surface area contributed by atoms with Crippen LogP contribution < -0.4 is 10.6 Å². The van der Waals surface area contributed by atoms with Crippen molar-refractivity contribution in [2.24, 2.45) is 0 Å². The lowest BCUT2D eigenvalue weighted by molar-refractivity contribution is 1.01. The number of H-pyrrole nitrogens is 2. The van der Waals surface area contributed by atoms with Gasteiger partial charge >= 0.3 is 5.69 Å². The Hall–Kier alpha value is -2.55. The van der Waals surface area contributed by atoms with E-state index >= 15 is 0 Å². The van der Waals surface area contributed by atoms with Gasteiger partial charge in [-0.25, -0.2) is 4.79 Å². The van der Waals surface area contributed by atoms with Crippen LogP contribution in [0, 0.1) is 11.3 Å². The largest absolute Gasteiger partial charge is 0.366 e. The molecule has 80 valence electrons. The molecule has 16 heavy (non-hydrogen) atoms. The van der Waals surface area contributed by atoms with E-state index in [2.05, 4.69) is 15.0 Å². The van der Waals surface area contributed by atoms with E-state index in [0.717, 1.165) is 5.69 Å². The highest BCUT2D eigenvalue weighted by molar-refractivity contribution is 5.58. The molecule has 0 aliphatic carbocycles. The highest BCUT2D eigenvalue weighted by Crippen LogP contribution is 2.19. The van der Waals surface area contributed by atoms with Crippen molar-refractivity contribution in [3.63, 3.8) is 0 Å². The summed E-state index contributed by atoms with van der Waals surface area (Å²) in [7, 11) is 1.77. The fraction of sp³-hybridized carbons (Fsp3) is 0.100. The van der Waals surface area contributed by atoms with Crippen LogP contribution in [0.1, 0.15) is 5.69 Å². The normalized spacial score (nSPS) is 9.75. The van der Waals surface area contributed by atoms with Crippen LogP contribution in [0.15, 0.2) is 29.3 Å². The van der Waals surface area contributed by atoms with E-state index in [1.165, 1.54) is 6.07 Å². The van der Waals surface area contributed by atoms with Crippen LogP contribution in [-0.4, -0.2) is 22.0 Å². The van der Waals surface area contributed by atoms with Crippen LogP contribution in [0.2, 0.25) is 0 Å². The summed E-state index contributed by atoms with van der Waals surface area (Å²) in [6.45, 7) is 0. The van der Waals surface area contributed by atoms with Gasteiger partial charge in [0.25, 0.3) is 0 Å². The quantitative estimate of drug-likeness (QED) is 0.773. The molecule has 0 aromatic carbocycles. The highest BCUT2D eigenvalue weighted by Gasteiger charge is 2.07. The van der Waals surface area contributed by atoms with Crippen molar-refractivity contribution in [1.29, 1.82) is 5.26 Å². The second kappa shape index (κ2) is 3.90. The number of rotatable bonds is 2. The summed E-state index contributed by atoms with van der Waals surface area (Å²) in [5, 5.41) is 8.73. The third-order valence-corrected chi connectivity index (χ3v) is 2.16. The molecule has 0 bridgehead atoms. The first kappa shape index (κ1) is 9.98. The van der Waals surface area contributed by atoms with Crippen LogP contribution in [0.3, 0.4) is 0 Å². The molecule has 0 unspecified atom stereocenters. The summed E-state index contributed by atoms with van der Waals surface area (Å²) in [4.78, 5) is 21.9. The minimum absolute atomic E-state index is 0.192.